The van der Waals surface area contributed by atoms with E-state index in [2.05, 4.69) is 306 Å². The number of hydrogen-bond acceptors (Lipinski definition) is 6. The Morgan fingerprint density at radius 2 is 0.512 bits per heavy atom. The monoisotopic (exact) mass is 1040 g/mol. The highest BCUT2D eigenvalue weighted by Gasteiger charge is 2.22. The standard InChI is InChI=1S/C74H62N4O2/c1-47-9-21-56(22-10-47)75(8)61-31-37-71-65(43-61)66-44-62(32-38-72(66)79-71)76(57-23-11-48(2)12-24-57)59-27-17-54(18-28-59)55-19-29-60(30-20-55)77(58-25-13-49(3)14-26-58)63-33-39-73-67(45-63)68-46-64(34-40-74(68)80-73)78(69-35-15-50(4)41-52(69)6)70-36-16-51(5)42-53(70)7/h9-46H,1-8H3. The summed E-state index contributed by atoms with van der Waals surface area (Å²) in [4.78, 5) is 9.29. The van der Waals surface area contributed by atoms with Crippen LogP contribution in [0.4, 0.5) is 62.6 Å². The first-order valence-corrected chi connectivity index (χ1v) is 27.5. The Bertz CT molecular complexity index is 4390. The summed E-state index contributed by atoms with van der Waals surface area (Å²) >= 11 is 0. The molecule has 0 fully saturated rings. The van der Waals surface area contributed by atoms with Crippen molar-refractivity contribution in [2.75, 3.05) is 26.6 Å². The van der Waals surface area contributed by atoms with Gasteiger partial charge < -0.3 is 28.4 Å². The van der Waals surface area contributed by atoms with Gasteiger partial charge in [0.15, 0.2) is 0 Å². The molecular weight excluding hydrogens is 977 g/mol. The van der Waals surface area contributed by atoms with Gasteiger partial charge in [0.25, 0.3) is 0 Å². The molecule has 6 nitrogen and oxygen atoms in total. The van der Waals surface area contributed by atoms with Crippen LogP contribution in [-0.2, 0) is 0 Å². The summed E-state index contributed by atoms with van der Waals surface area (Å²) < 4.78 is 13.0. The second-order valence-electron chi connectivity index (χ2n) is 21.7. The number of nitrogens with zero attached hydrogens (tertiary/aromatic N) is 4. The fourth-order valence-corrected chi connectivity index (χ4v) is 11.5. The number of aryl methyl sites for hydroxylation is 7. The maximum absolute atomic E-state index is 6.59. The molecule has 6 heteroatoms. The van der Waals surface area contributed by atoms with E-state index in [1.54, 1.807) is 0 Å². The maximum atomic E-state index is 6.59. The zero-order valence-electron chi connectivity index (χ0n) is 46.5. The Hall–Kier alpha value is -9.78. The third-order valence-corrected chi connectivity index (χ3v) is 15.8. The van der Waals surface area contributed by atoms with Gasteiger partial charge >= 0.3 is 0 Å². The topological polar surface area (TPSA) is 39.2 Å². The predicted octanol–water partition coefficient (Wildman–Crippen LogP) is 21.5. The maximum Gasteiger partial charge on any atom is 0.135 e. The minimum Gasteiger partial charge on any atom is -0.456 e. The summed E-state index contributed by atoms with van der Waals surface area (Å²) in [7, 11) is 2.12. The van der Waals surface area contributed by atoms with Gasteiger partial charge in [-0.3, -0.25) is 0 Å². The summed E-state index contributed by atoms with van der Waals surface area (Å²) in [5.74, 6) is 0. The fraction of sp³-hybridized carbons (Fsp3) is 0.108. The minimum atomic E-state index is 0.848. The zero-order valence-corrected chi connectivity index (χ0v) is 46.5. The largest absolute Gasteiger partial charge is 0.456 e. The second-order valence-corrected chi connectivity index (χ2v) is 21.7. The molecule has 0 aliphatic rings. The SMILES string of the molecule is Cc1ccc(N(C)c2ccc3oc4ccc(N(c5ccc(C)cc5)c5ccc(-c6ccc(N(c7ccc(C)cc7)c7ccc8oc9ccc(N(c%10ccc(C)cc%10C)c%10ccc(C)cc%10C)cc9c8c7)cc6)cc5)cc4c3c2)cc1. The van der Waals surface area contributed by atoms with Crippen LogP contribution in [-0.4, -0.2) is 7.05 Å². The molecule has 11 aromatic carbocycles. The molecule has 0 unspecified atom stereocenters. The molecule has 0 atom stereocenters. The Balaban J connectivity index is 0.840. The molecule has 13 aromatic rings. The van der Waals surface area contributed by atoms with Crippen molar-refractivity contribution in [2.24, 2.45) is 0 Å². The van der Waals surface area contributed by atoms with E-state index < -0.39 is 0 Å². The molecule has 0 saturated carbocycles. The molecule has 0 bridgehead atoms. The third-order valence-electron chi connectivity index (χ3n) is 15.8. The summed E-state index contributed by atoms with van der Waals surface area (Å²) in [6, 6.07) is 83.6. The lowest BCUT2D eigenvalue weighted by Crippen LogP contribution is -2.13. The Labute approximate surface area is 468 Å². The highest BCUT2D eigenvalue weighted by Crippen LogP contribution is 2.45. The number of benzene rings is 11. The van der Waals surface area contributed by atoms with E-state index >= 15 is 0 Å². The van der Waals surface area contributed by atoms with Crippen LogP contribution < -0.4 is 19.6 Å². The van der Waals surface area contributed by atoms with E-state index in [0.717, 1.165) is 118 Å². The lowest BCUT2D eigenvalue weighted by Gasteiger charge is -2.29. The zero-order chi connectivity index (χ0) is 54.8. The molecule has 0 aliphatic carbocycles. The molecule has 2 heterocycles. The number of fused-ring (bicyclic) bond motifs is 6. The van der Waals surface area contributed by atoms with Gasteiger partial charge in [0.2, 0.25) is 0 Å². The fourth-order valence-electron chi connectivity index (χ4n) is 11.5. The van der Waals surface area contributed by atoms with Crippen molar-refractivity contribution in [3.63, 3.8) is 0 Å². The van der Waals surface area contributed by atoms with Gasteiger partial charge in [-0.1, -0.05) is 113 Å². The van der Waals surface area contributed by atoms with Crippen LogP contribution in [0.25, 0.3) is 55.0 Å². The van der Waals surface area contributed by atoms with E-state index in [9.17, 15) is 0 Å². The molecule has 80 heavy (non-hydrogen) atoms. The summed E-state index contributed by atoms with van der Waals surface area (Å²) in [5, 5.41) is 4.27. The van der Waals surface area contributed by atoms with Gasteiger partial charge in [-0.25, -0.2) is 0 Å². The van der Waals surface area contributed by atoms with Gasteiger partial charge in [-0.05, 0) is 216 Å². The van der Waals surface area contributed by atoms with Gasteiger partial charge in [0, 0.05) is 91.2 Å². The minimum absolute atomic E-state index is 0.848. The van der Waals surface area contributed by atoms with E-state index in [1.165, 1.54) is 38.9 Å². The van der Waals surface area contributed by atoms with Crippen molar-refractivity contribution in [3.8, 4) is 11.1 Å². The smallest absolute Gasteiger partial charge is 0.135 e. The number of hydrogen-bond donors (Lipinski definition) is 0. The normalized spacial score (nSPS) is 11.5. The second kappa shape index (κ2) is 20.2. The third kappa shape index (κ3) is 9.28. The van der Waals surface area contributed by atoms with Crippen molar-refractivity contribution in [1.82, 2.24) is 0 Å². The van der Waals surface area contributed by atoms with Crippen LogP contribution in [0.2, 0.25) is 0 Å². The molecular formula is C74H62N4O2. The van der Waals surface area contributed by atoms with E-state index in [1.807, 2.05) is 0 Å². The first kappa shape index (κ1) is 49.8. The van der Waals surface area contributed by atoms with Gasteiger partial charge in [0.1, 0.15) is 22.3 Å². The number of furan rings is 2. The van der Waals surface area contributed by atoms with Crippen molar-refractivity contribution in [1.29, 1.82) is 0 Å². The summed E-state index contributed by atoms with van der Waals surface area (Å²) in [5.41, 5.74) is 26.2. The Kier molecular flexibility index (Phi) is 12.6. The highest BCUT2D eigenvalue weighted by atomic mass is 16.3. The van der Waals surface area contributed by atoms with Crippen LogP contribution in [0.1, 0.15) is 38.9 Å². The van der Waals surface area contributed by atoms with Crippen LogP contribution >= 0.6 is 0 Å². The molecule has 0 amide bonds. The number of rotatable bonds is 12. The summed E-state index contributed by atoms with van der Waals surface area (Å²) in [6.07, 6.45) is 0. The van der Waals surface area contributed by atoms with Gasteiger partial charge in [-0.15, -0.1) is 0 Å². The molecule has 13 rings (SSSR count). The average Bonchev–Trinajstić information content (AvgIpc) is 4.10. The molecule has 0 aliphatic heterocycles. The van der Waals surface area contributed by atoms with Crippen molar-refractivity contribution in [2.45, 2.75) is 48.5 Å². The van der Waals surface area contributed by atoms with Crippen LogP contribution in [0, 0.1) is 48.5 Å². The first-order valence-electron chi connectivity index (χ1n) is 27.5. The lowest BCUT2D eigenvalue weighted by atomic mass is 10.0. The molecule has 2 aromatic heterocycles. The number of anilines is 11. The summed E-state index contributed by atoms with van der Waals surface area (Å²) in [6.45, 7) is 15.1. The first-order chi connectivity index (χ1) is 38.9. The van der Waals surface area contributed by atoms with Crippen molar-refractivity contribution < 1.29 is 8.83 Å². The van der Waals surface area contributed by atoms with Crippen molar-refractivity contribution in [3.05, 3.63) is 269 Å². The van der Waals surface area contributed by atoms with Crippen LogP contribution in [0.5, 0.6) is 0 Å². The van der Waals surface area contributed by atoms with Crippen molar-refractivity contribution >= 4 is 106 Å². The predicted molar refractivity (Wildman–Crippen MR) is 338 cm³/mol. The van der Waals surface area contributed by atoms with E-state index in [4.69, 9.17) is 8.83 Å². The van der Waals surface area contributed by atoms with Crippen LogP contribution in [0.15, 0.2) is 239 Å². The van der Waals surface area contributed by atoms with Gasteiger partial charge in [-0.2, -0.15) is 0 Å². The average molecular weight is 1040 g/mol. The Morgan fingerprint density at radius 1 is 0.237 bits per heavy atom. The molecule has 0 radical (unpaired) electrons. The highest BCUT2D eigenvalue weighted by molar-refractivity contribution is 6.09. The molecule has 0 spiro atoms. The molecule has 390 valence electrons. The lowest BCUT2D eigenvalue weighted by molar-refractivity contribution is 0.668. The quantitative estimate of drug-likeness (QED) is 0.121. The van der Waals surface area contributed by atoms with E-state index in [0.29, 0.717) is 0 Å². The molecule has 0 N–H and O–H groups in total. The Morgan fingerprint density at radius 3 is 0.863 bits per heavy atom. The van der Waals surface area contributed by atoms with Gasteiger partial charge in [0.05, 0.1) is 0 Å². The van der Waals surface area contributed by atoms with E-state index in [-0.39, 0.29) is 0 Å². The van der Waals surface area contributed by atoms with Crippen LogP contribution in [0.3, 0.4) is 0 Å². The molecule has 0 saturated heterocycles.